The fraction of sp³-hybridized carbons (Fsp3) is 0.500. The zero-order valence-electron chi connectivity index (χ0n) is 6.73. The van der Waals surface area contributed by atoms with Gasteiger partial charge in [0.25, 0.3) is 0 Å². The Morgan fingerprint density at radius 2 is 2.50 bits per heavy atom. The molecule has 0 aliphatic carbocycles. The maximum Gasteiger partial charge on any atom is 0.115 e. The van der Waals surface area contributed by atoms with Gasteiger partial charge in [-0.25, -0.2) is 9.97 Å². The molecule has 2 rings (SSSR count). The first-order valence-electron chi connectivity index (χ1n) is 4.01. The molecule has 1 saturated heterocycles. The van der Waals surface area contributed by atoms with Gasteiger partial charge >= 0.3 is 0 Å². The molecule has 0 amide bonds. The van der Waals surface area contributed by atoms with Crippen molar-refractivity contribution < 1.29 is 0 Å². The van der Waals surface area contributed by atoms with Crippen LogP contribution in [0.3, 0.4) is 0 Å². The van der Waals surface area contributed by atoms with Gasteiger partial charge in [-0.15, -0.1) is 0 Å². The highest BCUT2D eigenvalue weighted by Gasteiger charge is 2.16. The Labute approximate surface area is 76.0 Å². The third-order valence-electron chi connectivity index (χ3n) is 1.85. The second kappa shape index (κ2) is 3.87. The van der Waals surface area contributed by atoms with Gasteiger partial charge in [-0.05, 0) is 6.07 Å². The molecule has 4 heteroatoms. The Morgan fingerprint density at radius 3 is 3.08 bits per heavy atom. The van der Waals surface area contributed by atoms with Gasteiger partial charge in [0.15, 0.2) is 0 Å². The van der Waals surface area contributed by atoms with E-state index in [1.807, 2.05) is 17.8 Å². The van der Waals surface area contributed by atoms with E-state index in [2.05, 4.69) is 15.3 Å². The summed E-state index contributed by atoms with van der Waals surface area (Å²) in [5.74, 6) is 2.48. The Bertz CT molecular complexity index is 235. The Morgan fingerprint density at radius 1 is 1.58 bits per heavy atom. The number of nitrogens with zero attached hydrogens (tertiary/aromatic N) is 2. The van der Waals surface area contributed by atoms with E-state index < -0.39 is 0 Å². The molecular formula is C8H11N3S. The highest BCUT2D eigenvalue weighted by atomic mass is 32.2. The molecule has 64 valence electrons. The predicted octanol–water partition coefficient (Wildman–Crippen LogP) is 0.682. The molecule has 0 spiro atoms. The number of thioether (sulfide) groups is 1. The van der Waals surface area contributed by atoms with Crippen molar-refractivity contribution in [1.82, 2.24) is 15.3 Å². The molecule has 1 aliphatic heterocycles. The minimum atomic E-state index is 0.699. The third kappa shape index (κ3) is 1.95. The lowest BCUT2D eigenvalue weighted by molar-refractivity contribution is 0.575. The fourth-order valence-corrected chi connectivity index (χ4v) is 1.73. The molecule has 1 aromatic heterocycles. The maximum atomic E-state index is 4.13. The minimum absolute atomic E-state index is 0.699. The molecule has 1 aliphatic rings. The van der Waals surface area contributed by atoms with Gasteiger partial charge in [-0.2, -0.15) is 11.8 Å². The van der Waals surface area contributed by atoms with Crippen LogP contribution in [-0.2, 0) is 6.54 Å². The average Bonchev–Trinajstić information content (AvgIpc) is 2.04. The molecule has 0 saturated carbocycles. The molecule has 1 fully saturated rings. The van der Waals surface area contributed by atoms with Crippen LogP contribution in [0.15, 0.2) is 18.6 Å². The smallest absolute Gasteiger partial charge is 0.115 e. The van der Waals surface area contributed by atoms with Gasteiger partial charge in [0.2, 0.25) is 0 Å². The lowest BCUT2D eigenvalue weighted by atomic mass is 10.3. The van der Waals surface area contributed by atoms with Gasteiger partial charge in [-0.1, -0.05) is 0 Å². The van der Waals surface area contributed by atoms with E-state index in [0.717, 1.165) is 12.2 Å². The normalized spacial score (nSPS) is 17.3. The number of aromatic nitrogens is 2. The predicted molar refractivity (Wildman–Crippen MR) is 50.0 cm³/mol. The van der Waals surface area contributed by atoms with Crippen LogP contribution in [0, 0.1) is 0 Å². The summed E-state index contributed by atoms with van der Waals surface area (Å²) in [6.45, 7) is 0.869. The average molecular weight is 181 g/mol. The molecule has 1 N–H and O–H groups in total. The molecule has 0 radical (unpaired) electrons. The van der Waals surface area contributed by atoms with Crippen LogP contribution in [0.2, 0.25) is 0 Å². The van der Waals surface area contributed by atoms with Crippen molar-refractivity contribution in [3.05, 3.63) is 24.3 Å². The Hall–Kier alpha value is -0.610. The topological polar surface area (TPSA) is 37.8 Å². The Balaban J connectivity index is 1.79. The summed E-state index contributed by atoms with van der Waals surface area (Å²) in [7, 11) is 0. The second-order valence-electron chi connectivity index (χ2n) is 2.82. The molecule has 0 bridgehead atoms. The van der Waals surface area contributed by atoms with Crippen LogP contribution in [0.1, 0.15) is 5.69 Å². The summed E-state index contributed by atoms with van der Waals surface area (Å²) >= 11 is 1.99. The van der Waals surface area contributed by atoms with Crippen LogP contribution >= 0.6 is 11.8 Å². The Kier molecular flexibility index (Phi) is 2.58. The lowest BCUT2D eigenvalue weighted by Gasteiger charge is -2.25. The third-order valence-corrected chi connectivity index (χ3v) is 3.13. The SMILES string of the molecule is c1cc(CNC2CSC2)ncn1. The molecule has 1 aromatic rings. The summed E-state index contributed by atoms with van der Waals surface area (Å²) in [6.07, 6.45) is 3.37. The maximum absolute atomic E-state index is 4.13. The van der Waals surface area contributed by atoms with Crippen LogP contribution in [0.4, 0.5) is 0 Å². The van der Waals surface area contributed by atoms with E-state index in [-0.39, 0.29) is 0 Å². The van der Waals surface area contributed by atoms with Crippen molar-refractivity contribution in [2.75, 3.05) is 11.5 Å². The first-order valence-corrected chi connectivity index (χ1v) is 5.16. The van der Waals surface area contributed by atoms with Crippen molar-refractivity contribution in [2.24, 2.45) is 0 Å². The number of nitrogens with one attached hydrogen (secondary N) is 1. The largest absolute Gasteiger partial charge is 0.307 e. The number of hydrogen-bond donors (Lipinski definition) is 1. The summed E-state index contributed by atoms with van der Waals surface area (Å²) in [4.78, 5) is 7.99. The van der Waals surface area contributed by atoms with Gasteiger partial charge in [0, 0.05) is 30.3 Å². The van der Waals surface area contributed by atoms with Crippen LogP contribution < -0.4 is 5.32 Å². The van der Waals surface area contributed by atoms with Crippen molar-refractivity contribution in [2.45, 2.75) is 12.6 Å². The fourth-order valence-electron chi connectivity index (χ4n) is 1.03. The zero-order chi connectivity index (χ0) is 8.23. The van der Waals surface area contributed by atoms with E-state index in [9.17, 15) is 0 Å². The van der Waals surface area contributed by atoms with E-state index in [1.54, 1.807) is 12.5 Å². The van der Waals surface area contributed by atoms with Crippen molar-refractivity contribution in [3.63, 3.8) is 0 Å². The quantitative estimate of drug-likeness (QED) is 0.744. The van der Waals surface area contributed by atoms with Crippen LogP contribution in [0.25, 0.3) is 0 Å². The first-order chi connectivity index (χ1) is 5.95. The molecule has 2 heterocycles. The summed E-state index contributed by atoms with van der Waals surface area (Å²) in [5, 5.41) is 3.42. The molecule has 3 nitrogen and oxygen atoms in total. The van der Waals surface area contributed by atoms with Gasteiger partial charge in [0.05, 0.1) is 5.69 Å². The molecule has 0 unspecified atom stereocenters. The molecule has 0 atom stereocenters. The second-order valence-corrected chi connectivity index (χ2v) is 3.89. The van der Waals surface area contributed by atoms with E-state index >= 15 is 0 Å². The zero-order valence-corrected chi connectivity index (χ0v) is 7.55. The van der Waals surface area contributed by atoms with Crippen molar-refractivity contribution >= 4 is 11.8 Å². The highest BCUT2D eigenvalue weighted by Crippen LogP contribution is 2.17. The lowest BCUT2D eigenvalue weighted by Crippen LogP contribution is -2.39. The summed E-state index contributed by atoms with van der Waals surface area (Å²) < 4.78 is 0. The highest BCUT2D eigenvalue weighted by molar-refractivity contribution is 8.00. The summed E-state index contributed by atoms with van der Waals surface area (Å²) in [5.41, 5.74) is 1.07. The monoisotopic (exact) mass is 181 g/mol. The van der Waals surface area contributed by atoms with E-state index in [4.69, 9.17) is 0 Å². The number of rotatable bonds is 3. The van der Waals surface area contributed by atoms with Gasteiger partial charge in [-0.3, -0.25) is 0 Å². The minimum Gasteiger partial charge on any atom is -0.307 e. The molecular weight excluding hydrogens is 170 g/mol. The van der Waals surface area contributed by atoms with E-state index in [0.29, 0.717) is 6.04 Å². The number of hydrogen-bond acceptors (Lipinski definition) is 4. The molecule has 12 heavy (non-hydrogen) atoms. The van der Waals surface area contributed by atoms with E-state index in [1.165, 1.54) is 11.5 Å². The van der Waals surface area contributed by atoms with Crippen LogP contribution in [0.5, 0.6) is 0 Å². The van der Waals surface area contributed by atoms with Gasteiger partial charge in [0.1, 0.15) is 6.33 Å². The van der Waals surface area contributed by atoms with Crippen LogP contribution in [-0.4, -0.2) is 27.5 Å². The van der Waals surface area contributed by atoms with Crippen molar-refractivity contribution in [1.29, 1.82) is 0 Å². The first kappa shape index (κ1) is 8.01. The van der Waals surface area contributed by atoms with Gasteiger partial charge < -0.3 is 5.32 Å². The van der Waals surface area contributed by atoms with Crippen molar-refractivity contribution in [3.8, 4) is 0 Å². The summed E-state index contributed by atoms with van der Waals surface area (Å²) in [6, 6.07) is 2.64. The molecule has 0 aromatic carbocycles. The standard InChI is InChI=1S/C8H11N3S/c1-2-9-6-11-7(1)3-10-8-4-12-5-8/h1-2,6,8,10H,3-5H2.